The number of benzene rings is 2. The van der Waals surface area contributed by atoms with Crippen LogP contribution in [0.4, 0.5) is 5.69 Å². The van der Waals surface area contributed by atoms with Crippen LogP contribution in [0, 0.1) is 13.8 Å². The number of amides is 1. The van der Waals surface area contributed by atoms with Gasteiger partial charge in [-0.3, -0.25) is 9.59 Å². The summed E-state index contributed by atoms with van der Waals surface area (Å²) in [5.41, 5.74) is 5.40. The van der Waals surface area contributed by atoms with E-state index in [4.69, 9.17) is 13.9 Å². The number of methoxy groups -OCH3 is 2. The summed E-state index contributed by atoms with van der Waals surface area (Å²) in [6, 6.07) is 17.1. The molecule has 7 heteroatoms. The molecule has 0 saturated heterocycles. The Morgan fingerprint density at radius 1 is 0.947 bits per heavy atom. The number of rotatable bonds is 6. The summed E-state index contributed by atoms with van der Waals surface area (Å²) in [6.07, 6.45) is 0.940. The minimum Gasteiger partial charge on any atom is -0.493 e. The van der Waals surface area contributed by atoms with Gasteiger partial charge < -0.3 is 24.5 Å². The van der Waals surface area contributed by atoms with E-state index in [-0.39, 0.29) is 17.6 Å². The molecule has 7 nitrogen and oxygen atoms in total. The molecule has 196 valence electrons. The lowest BCUT2D eigenvalue weighted by molar-refractivity contribution is -0.116. The first-order valence-electron chi connectivity index (χ1n) is 12.7. The van der Waals surface area contributed by atoms with Crippen molar-refractivity contribution in [3.63, 3.8) is 0 Å². The highest BCUT2D eigenvalue weighted by Gasteiger charge is 2.42. The fourth-order valence-corrected chi connectivity index (χ4v) is 5.41. The molecule has 2 aliphatic rings. The van der Waals surface area contributed by atoms with E-state index in [0.29, 0.717) is 52.6 Å². The topological polar surface area (TPSA) is 89.8 Å². The van der Waals surface area contributed by atoms with Crippen molar-refractivity contribution in [2.75, 3.05) is 19.5 Å². The van der Waals surface area contributed by atoms with E-state index in [2.05, 4.69) is 10.6 Å². The number of hydrogen-bond acceptors (Lipinski definition) is 6. The van der Waals surface area contributed by atoms with Crippen molar-refractivity contribution >= 4 is 17.4 Å². The van der Waals surface area contributed by atoms with Crippen molar-refractivity contribution in [3.05, 3.63) is 99.8 Å². The number of allylic oxidation sites excluding steroid dienone is 3. The molecule has 3 aromatic rings. The molecule has 0 radical (unpaired) electrons. The average molecular weight is 513 g/mol. The number of ketones is 1. The number of hydrogen-bond donors (Lipinski definition) is 2. The molecule has 2 N–H and O–H groups in total. The Morgan fingerprint density at radius 2 is 1.68 bits per heavy atom. The van der Waals surface area contributed by atoms with E-state index >= 15 is 0 Å². The fraction of sp³-hybridized carbons (Fsp3) is 0.290. The monoisotopic (exact) mass is 512 g/mol. The number of dihydropyridines is 1. The first kappa shape index (κ1) is 25.4. The molecule has 0 unspecified atom stereocenters. The van der Waals surface area contributed by atoms with Crippen LogP contribution < -0.4 is 20.1 Å². The van der Waals surface area contributed by atoms with E-state index in [0.717, 1.165) is 22.6 Å². The van der Waals surface area contributed by atoms with E-state index < -0.39 is 5.92 Å². The molecule has 38 heavy (non-hydrogen) atoms. The maximum atomic E-state index is 13.8. The predicted molar refractivity (Wildman–Crippen MR) is 145 cm³/mol. The molecule has 0 spiro atoms. The SMILES string of the molecule is COc1ccc([C@@H]2CC(=O)C3=C(C2)NC(C)=C(C(=O)Nc2ccc(C)cc2)[C@@H]3c2ccc(C)o2)cc1OC. The standard InChI is InChI=1S/C31H32N2O5/c1-17-6-10-22(11-7-17)33-31(35)28-19(3)32-23-14-21(20-9-13-25(36-4)27(16-20)37-5)15-24(34)29(23)30(28)26-12-8-18(2)38-26/h6-13,16,21,30,32H,14-15H2,1-5H3,(H,33,35)/t21-,30-/m0/s1. The van der Waals surface area contributed by atoms with Gasteiger partial charge in [0.25, 0.3) is 5.91 Å². The minimum absolute atomic E-state index is 0.00859. The molecule has 1 aliphatic heterocycles. The summed E-state index contributed by atoms with van der Waals surface area (Å²) in [5.74, 6) is 1.68. The van der Waals surface area contributed by atoms with Crippen LogP contribution in [-0.4, -0.2) is 25.9 Å². The Morgan fingerprint density at radius 3 is 2.34 bits per heavy atom. The second-order valence-corrected chi connectivity index (χ2v) is 9.90. The Labute approximate surface area is 222 Å². The van der Waals surface area contributed by atoms with Crippen LogP contribution in [0.25, 0.3) is 0 Å². The molecule has 0 fully saturated rings. The second kappa shape index (κ2) is 10.2. The number of ether oxygens (including phenoxy) is 2. The lowest BCUT2D eigenvalue weighted by Gasteiger charge is -2.36. The van der Waals surface area contributed by atoms with Crippen LogP contribution in [0.15, 0.2) is 81.6 Å². The highest BCUT2D eigenvalue weighted by atomic mass is 16.5. The Kier molecular flexibility index (Phi) is 6.85. The summed E-state index contributed by atoms with van der Waals surface area (Å²) in [5, 5.41) is 6.42. The van der Waals surface area contributed by atoms with Crippen molar-refractivity contribution in [2.24, 2.45) is 0 Å². The van der Waals surface area contributed by atoms with Gasteiger partial charge in [0.05, 0.1) is 25.7 Å². The van der Waals surface area contributed by atoms with Crippen molar-refractivity contribution < 1.29 is 23.5 Å². The van der Waals surface area contributed by atoms with E-state index in [1.165, 1.54) is 0 Å². The van der Waals surface area contributed by atoms with Crippen LogP contribution in [0.1, 0.15) is 54.2 Å². The third kappa shape index (κ3) is 4.72. The van der Waals surface area contributed by atoms with Crippen LogP contribution in [-0.2, 0) is 9.59 Å². The Balaban J connectivity index is 1.52. The van der Waals surface area contributed by atoms with Gasteiger partial charge in [-0.05, 0) is 75.1 Å². The van der Waals surface area contributed by atoms with Crippen molar-refractivity contribution in [3.8, 4) is 11.5 Å². The van der Waals surface area contributed by atoms with Crippen molar-refractivity contribution in [1.29, 1.82) is 0 Å². The molecule has 2 atom stereocenters. The first-order valence-corrected chi connectivity index (χ1v) is 12.7. The molecule has 1 aromatic heterocycles. The minimum atomic E-state index is -0.593. The molecular weight excluding hydrogens is 480 g/mol. The zero-order valence-corrected chi connectivity index (χ0v) is 22.3. The zero-order chi connectivity index (χ0) is 27.0. The first-order chi connectivity index (χ1) is 18.3. The van der Waals surface area contributed by atoms with E-state index in [1.54, 1.807) is 14.2 Å². The average Bonchev–Trinajstić information content (AvgIpc) is 3.34. The number of Topliss-reactive ketones (excluding diaryl/α,β-unsaturated/α-hetero) is 1. The molecule has 1 aliphatic carbocycles. The highest BCUT2D eigenvalue weighted by molar-refractivity contribution is 6.09. The number of nitrogens with one attached hydrogen (secondary N) is 2. The number of aryl methyl sites for hydroxylation is 2. The summed E-state index contributed by atoms with van der Waals surface area (Å²) in [4.78, 5) is 27.4. The maximum absolute atomic E-state index is 13.8. The molecule has 0 saturated carbocycles. The normalized spacial score (nSPS) is 19.1. The van der Waals surface area contributed by atoms with Gasteiger partial charge >= 0.3 is 0 Å². The maximum Gasteiger partial charge on any atom is 0.254 e. The number of anilines is 1. The second-order valence-electron chi connectivity index (χ2n) is 9.90. The Hall–Kier alpha value is -4.26. The van der Waals surface area contributed by atoms with Gasteiger partial charge in [0.15, 0.2) is 17.3 Å². The molecule has 5 rings (SSSR count). The molecular formula is C31H32N2O5. The lowest BCUT2D eigenvalue weighted by atomic mass is 9.73. The summed E-state index contributed by atoms with van der Waals surface area (Å²) < 4.78 is 16.9. The predicted octanol–water partition coefficient (Wildman–Crippen LogP) is 5.91. The van der Waals surface area contributed by atoms with Crippen LogP contribution in [0.5, 0.6) is 11.5 Å². The lowest BCUT2D eigenvalue weighted by Crippen LogP contribution is -2.37. The van der Waals surface area contributed by atoms with E-state index in [1.807, 2.05) is 75.4 Å². The van der Waals surface area contributed by atoms with Crippen LogP contribution >= 0.6 is 0 Å². The van der Waals surface area contributed by atoms with Gasteiger partial charge in [0.2, 0.25) is 0 Å². The summed E-state index contributed by atoms with van der Waals surface area (Å²) >= 11 is 0. The zero-order valence-electron chi connectivity index (χ0n) is 22.3. The summed E-state index contributed by atoms with van der Waals surface area (Å²) in [6.45, 7) is 5.73. The van der Waals surface area contributed by atoms with Gasteiger partial charge in [0, 0.05) is 29.1 Å². The van der Waals surface area contributed by atoms with Gasteiger partial charge in [0.1, 0.15) is 11.5 Å². The third-order valence-corrected chi connectivity index (χ3v) is 7.31. The molecule has 2 aromatic carbocycles. The van der Waals surface area contributed by atoms with Gasteiger partial charge in [-0.2, -0.15) is 0 Å². The number of carbonyl (C=O) groups is 2. The Bertz CT molecular complexity index is 1460. The molecule has 2 heterocycles. The number of carbonyl (C=O) groups excluding carboxylic acids is 2. The third-order valence-electron chi connectivity index (χ3n) is 7.31. The highest BCUT2D eigenvalue weighted by Crippen LogP contribution is 2.46. The van der Waals surface area contributed by atoms with Crippen molar-refractivity contribution in [2.45, 2.75) is 45.4 Å². The van der Waals surface area contributed by atoms with Gasteiger partial charge in [-0.15, -0.1) is 0 Å². The van der Waals surface area contributed by atoms with Crippen LogP contribution in [0.3, 0.4) is 0 Å². The van der Waals surface area contributed by atoms with Crippen molar-refractivity contribution in [1.82, 2.24) is 5.32 Å². The smallest absolute Gasteiger partial charge is 0.254 e. The number of furan rings is 1. The summed E-state index contributed by atoms with van der Waals surface area (Å²) in [7, 11) is 3.20. The molecule has 0 bridgehead atoms. The van der Waals surface area contributed by atoms with Gasteiger partial charge in [-0.1, -0.05) is 23.8 Å². The van der Waals surface area contributed by atoms with Gasteiger partial charge in [-0.25, -0.2) is 0 Å². The van der Waals surface area contributed by atoms with Crippen LogP contribution in [0.2, 0.25) is 0 Å². The van der Waals surface area contributed by atoms with E-state index in [9.17, 15) is 9.59 Å². The fourth-order valence-electron chi connectivity index (χ4n) is 5.41. The largest absolute Gasteiger partial charge is 0.493 e. The molecule has 1 amide bonds. The quantitative estimate of drug-likeness (QED) is 0.427.